The molecule has 3 aromatic rings. The maximum Gasteiger partial charge on any atom is 0.363 e. The van der Waals surface area contributed by atoms with Gasteiger partial charge in [0.05, 0.1) is 9.80 Å². The fourth-order valence-corrected chi connectivity index (χ4v) is 3.34. The number of rotatable bonds is 6. The van der Waals surface area contributed by atoms with Crippen molar-refractivity contribution in [3.8, 4) is 5.75 Å². The lowest BCUT2D eigenvalue weighted by molar-refractivity contribution is -0.384. The summed E-state index contributed by atoms with van der Waals surface area (Å²) < 4.78 is 11.1. The molecule has 0 unspecified atom stereocenters. The third-order valence-electron chi connectivity index (χ3n) is 4.09. The number of nitro benzene ring substituents is 1. The summed E-state index contributed by atoms with van der Waals surface area (Å²) in [6.07, 6.45) is 1.44. The van der Waals surface area contributed by atoms with E-state index in [1.54, 1.807) is 6.07 Å². The van der Waals surface area contributed by atoms with Gasteiger partial charge >= 0.3 is 5.97 Å². The topological polar surface area (TPSA) is 91.0 Å². The summed E-state index contributed by atoms with van der Waals surface area (Å²) in [6.45, 7) is 0.281. The minimum Gasteiger partial charge on any atom is -0.488 e. The van der Waals surface area contributed by atoms with E-state index in [1.807, 2.05) is 41.8 Å². The van der Waals surface area contributed by atoms with Crippen LogP contribution in [0.2, 0.25) is 0 Å². The Balaban J connectivity index is 1.67. The standard InChI is InChI=1S/C21H14N2O5S/c24-21-17(22-20(28-21)19-7-4-10-29-19)12-15-11-16(23(25)26)8-9-18(15)27-13-14-5-2-1-3-6-14/h1-12H,13H2/b17-12-. The Morgan fingerprint density at radius 2 is 1.97 bits per heavy atom. The predicted molar refractivity (Wildman–Crippen MR) is 109 cm³/mol. The molecule has 1 aliphatic heterocycles. The molecule has 0 atom stereocenters. The third kappa shape index (κ3) is 4.22. The van der Waals surface area contributed by atoms with Gasteiger partial charge in [0, 0.05) is 17.7 Å². The molecule has 0 N–H and O–H groups in total. The van der Waals surface area contributed by atoms with Crippen molar-refractivity contribution in [2.45, 2.75) is 6.61 Å². The van der Waals surface area contributed by atoms with Gasteiger partial charge in [0.2, 0.25) is 5.90 Å². The number of benzene rings is 2. The molecule has 8 heteroatoms. The summed E-state index contributed by atoms with van der Waals surface area (Å²) >= 11 is 1.40. The van der Waals surface area contributed by atoms with Gasteiger partial charge in [-0.2, -0.15) is 0 Å². The number of carbonyl (C=O) groups excluding carboxylic acids is 1. The van der Waals surface area contributed by atoms with E-state index in [2.05, 4.69) is 4.99 Å². The lowest BCUT2D eigenvalue weighted by atomic mass is 10.1. The Bertz CT molecular complexity index is 1120. The largest absolute Gasteiger partial charge is 0.488 e. The maximum atomic E-state index is 12.2. The minimum absolute atomic E-state index is 0.0541. The second-order valence-corrected chi connectivity index (χ2v) is 7.01. The van der Waals surface area contributed by atoms with E-state index in [9.17, 15) is 14.9 Å². The van der Waals surface area contributed by atoms with E-state index < -0.39 is 10.9 Å². The smallest absolute Gasteiger partial charge is 0.363 e. The molecule has 144 valence electrons. The molecule has 0 radical (unpaired) electrons. The predicted octanol–water partition coefficient (Wildman–Crippen LogP) is 4.58. The molecule has 0 saturated carbocycles. The van der Waals surface area contributed by atoms with Crippen LogP contribution in [0.25, 0.3) is 6.08 Å². The zero-order valence-electron chi connectivity index (χ0n) is 15.0. The van der Waals surface area contributed by atoms with Crippen LogP contribution in [0.5, 0.6) is 5.75 Å². The molecular weight excluding hydrogens is 392 g/mol. The molecule has 7 nitrogen and oxygen atoms in total. The first-order valence-electron chi connectivity index (χ1n) is 8.62. The first-order valence-corrected chi connectivity index (χ1v) is 9.50. The van der Waals surface area contributed by atoms with Crippen LogP contribution in [0.4, 0.5) is 5.69 Å². The highest BCUT2D eigenvalue weighted by Crippen LogP contribution is 2.29. The summed E-state index contributed by atoms with van der Waals surface area (Å²) in [4.78, 5) is 27.8. The van der Waals surface area contributed by atoms with Crippen molar-refractivity contribution < 1.29 is 19.2 Å². The average Bonchev–Trinajstić information content (AvgIpc) is 3.38. The van der Waals surface area contributed by atoms with Crippen molar-refractivity contribution in [3.05, 3.63) is 97.9 Å². The second-order valence-electron chi connectivity index (χ2n) is 6.07. The molecule has 0 aliphatic carbocycles. The lowest BCUT2D eigenvalue weighted by Gasteiger charge is -2.09. The molecule has 1 aromatic heterocycles. The Kier molecular flexibility index (Phi) is 5.17. The van der Waals surface area contributed by atoms with E-state index >= 15 is 0 Å². The molecule has 2 heterocycles. The quantitative estimate of drug-likeness (QED) is 0.259. The highest BCUT2D eigenvalue weighted by Gasteiger charge is 2.25. The second kappa shape index (κ2) is 8.07. The van der Waals surface area contributed by atoms with Gasteiger partial charge in [-0.1, -0.05) is 36.4 Å². The van der Waals surface area contributed by atoms with E-state index in [0.29, 0.717) is 11.3 Å². The van der Waals surface area contributed by atoms with Crippen molar-refractivity contribution in [2.24, 2.45) is 4.99 Å². The van der Waals surface area contributed by atoms with Crippen molar-refractivity contribution in [1.82, 2.24) is 0 Å². The number of hydrogen-bond acceptors (Lipinski definition) is 7. The van der Waals surface area contributed by atoms with Crippen molar-refractivity contribution in [2.75, 3.05) is 0 Å². The number of nitrogens with zero attached hydrogens (tertiary/aromatic N) is 2. The normalized spacial score (nSPS) is 14.6. The average molecular weight is 406 g/mol. The number of aliphatic imine (C=N–C) groups is 1. The lowest BCUT2D eigenvalue weighted by Crippen LogP contribution is -2.03. The third-order valence-corrected chi connectivity index (χ3v) is 4.94. The van der Waals surface area contributed by atoms with Crippen molar-refractivity contribution >= 4 is 35.0 Å². The highest BCUT2D eigenvalue weighted by molar-refractivity contribution is 7.12. The number of carbonyl (C=O) groups is 1. The van der Waals surface area contributed by atoms with Gasteiger partial charge < -0.3 is 9.47 Å². The number of ether oxygens (including phenoxy) is 2. The molecule has 0 saturated heterocycles. The van der Waals surface area contributed by atoms with Crippen LogP contribution in [-0.2, 0) is 16.1 Å². The minimum atomic E-state index is -0.617. The summed E-state index contributed by atoms with van der Waals surface area (Å²) in [5.74, 6) is 0.00174. The molecule has 0 spiro atoms. The fraction of sp³-hybridized carbons (Fsp3) is 0.0476. The van der Waals surface area contributed by atoms with Gasteiger partial charge in [-0.3, -0.25) is 10.1 Å². The monoisotopic (exact) mass is 406 g/mol. The van der Waals surface area contributed by atoms with Crippen LogP contribution >= 0.6 is 11.3 Å². The first kappa shape index (κ1) is 18.6. The Hall–Kier alpha value is -3.78. The molecular formula is C21H14N2O5S. The van der Waals surface area contributed by atoms with E-state index in [0.717, 1.165) is 10.4 Å². The molecule has 0 fully saturated rings. The van der Waals surface area contributed by atoms with Gasteiger partial charge in [0.25, 0.3) is 5.69 Å². The van der Waals surface area contributed by atoms with E-state index in [1.165, 1.54) is 35.6 Å². The van der Waals surface area contributed by atoms with Gasteiger partial charge in [-0.25, -0.2) is 9.79 Å². The maximum absolute atomic E-state index is 12.2. The summed E-state index contributed by atoms with van der Waals surface area (Å²) in [6, 6.07) is 17.4. The van der Waals surface area contributed by atoms with Gasteiger partial charge in [0.15, 0.2) is 5.70 Å². The first-order chi connectivity index (χ1) is 14.1. The van der Waals surface area contributed by atoms with Gasteiger partial charge in [-0.05, 0) is 29.2 Å². The van der Waals surface area contributed by atoms with Gasteiger partial charge in [0.1, 0.15) is 12.4 Å². The molecule has 0 bridgehead atoms. The van der Waals surface area contributed by atoms with Crippen LogP contribution in [0.3, 0.4) is 0 Å². The molecule has 1 aliphatic rings. The summed E-state index contributed by atoms with van der Waals surface area (Å²) in [5.41, 5.74) is 1.26. The van der Waals surface area contributed by atoms with Gasteiger partial charge in [-0.15, -0.1) is 11.3 Å². The van der Waals surface area contributed by atoms with Crippen molar-refractivity contribution in [3.63, 3.8) is 0 Å². The molecule has 2 aromatic carbocycles. The zero-order valence-corrected chi connectivity index (χ0v) is 15.8. The van der Waals surface area contributed by atoms with Crippen LogP contribution in [0.15, 0.2) is 76.7 Å². The Morgan fingerprint density at radius 1 is 1.14 bits per heavy atom. The number of non-ortho nitro benzene ring substituents is 1. The Labute approximate surface area is 169 Å². The summed E-state index contributed by atoms with van der Waals surface area (Å²) in [5, 5.41) is 13.0. The number of cyclic esters (lactones) is 1. The number of nitro groups is 1. The Morgan fingerprint density at radius 3 is 2.69 bits per heavy atom. The van der Waals surface area contributed by atoms with Crippen LogP contribution in [0.1, 0.15) is 16.0 Å². The van der Waals surface area contributed by atoms with E-state index in [-0.39, 0.29) is 23.9 Å². The van der Waals surface area contributed by atoms with E-state index in [4.69, 9.17) is 9.47 Å². The number of thiophene rings is 1. The van der Waals surface area contributed by atoms with Crippen LogP contribution in [0, 0.1) is 10.1 Å². The zero-order chi connectivity index (χ0) is 20.2. The number of esters is 1. The SMILES string of the molecule is O=C1OC(c2cccs2)=N/C1=C\c1cc([N+](=O)[O-])ccc1OCc1ccccc1. The fourth-order valence-electron chi connectivity index (χ4n) is 2.69. The molecule has 29 heavy (non-hydrogen) atoms. The molecule has 4 rings (SSSR count). The summed E-state index contributed by atoms with van der Waals surface area (Å²) in [7, 11) is 0. The number of hydrogen-bond donors (Lipinski definition) is 0. The van der Waals surface area contributed by atoms with Crippen LogP contribution < -0.4 is 4.74 Å². The van der Waals surface area contributed by atoms with Crippen molar-refractivity contribution in [1.29, 1.82) is 0 Å². The van der Waals surface area contributed by atoms with Crippen LogP contribution in [-0.4, -0.2) is 16.8 Å². The molecule has 0 amide bonds. The highest BCUT2D eigenvalue weighted by atomic mass is 32.1.